The zero-order chi connectivity index (χ0) is 30.3. The highest BCUT2D eigenvalue weighted by Crippen LogP contribution is 2.27. The predicted octanol–water partition coefficient (Wildman–Crippen LogP) is 6.35. The van der Waals surface area contributed by atoms with Gasteiger partial charge in [-0.05, 0) is 74.2 Å². The number of sulfonamides is 1. The Bertz CT molecular complexity index is 1480. The standard InChI is InChI=1S/C32H37BrFN3O4S/c1-3-30(32(39)35-27-9-5-4-6-10-27)36(21-24-14-16-26(34)17-15-24)31(38)22-37(28-11-7-8-25(33)20-28)42(40,41)29-18-12-23(2)13-19-29/h7-8,11-20,27,30H,3-6,9-10,21-22H2,1-2H3,(H,35,39). The smallest absolute Gasteiger partial charge is 0.264 e. The summed E-state index contributed by atoms with van der Waals surface area (Å²) in [6.07, 6.45) is 5.32. The number of amides is 2. The van der Waals surface area contributed by atoms with Gasteiger partial charge in [-0.1, -0.05) is 78.0 Å². The second-order valence-corrected chi connectivity index (χ2v) is 13.5. The van der Waals surface area contributed by atoms with Crippen molar-refractivity contribution >= 4 is 43.5 Å². The van der Waals surface area contributed by atoms with Crippen LogP contribution in [0.5, 0.6) is 0 Å². The van der Waals surface area contributed by atoms with Gasteiger partial charge < -0.3 is 10.2 Å². The molecule has 0 heterocycles. The molecule has 0 aromatic heterocycles. The van der Waals surface area contributed by atoms with Crippen LogP contribution in [0.2, 0.25) is 0 Å². The number of hydrogen-bond donors (Lipinski definition) is 1. The average molecular weight is 659 g/mol. The van der Waals surface area contributed by atoms with Crippen molar-refractivity contribution in [3.05, 3.63) is 94.2 Å². The fourth-order valence-electron chi connectivity index (χ4n) is 5.25. The largest absolute Gasteiger partial charge is 0.352 e. The predicted molar refractivity (Wildman–Crippen MR) is 166 cm³/mol. The zero-order valence-corrected chi connectivity index (χ0v) is 26.3. The molecule has 1 aliphatic carbocycles. The van der Waals surface area contributed by atoms with E-state index >= 15 is 0 Å². The average Bonchev–Trinajstić information content (AvgIpc) is 2.97. The summed E-state index contributed by atoms with van der Waals surface area (Å²) in [4.78, 5) is 29.2. The monoisotopic (exact) mass is 657 g/mol. The van der Waals surface area contributed by atoms with E-state index in [9.17, 15) is 22.4 Å². The molecule has 1 unspecified atom stereocenters. The van der Waals surface area contributed by atoms with E-state index in [1.807, 2.05) is 13.8 Å². The quantitative estimate of drug-likeness (QED) is 0.260. The number of nitrogens with zero attached hydrogens (tertiary/aromatic N) is 2. The van der Waals surface area contributed by atoms with Gasteiger partial charge in [0.05, 0.1) is 10.6 Å². The van der Waals surface area contributed by atoms with Gasteiger partial charge in [-0.15, -0.1) is 0 Å². The lowest BCUT2D eigenvalue weighted by Crippen LogP contribution is -2.54. The first kappa shape index (κ1) is 31.7. The molecule has 2 amide bonds. The van der Waals surface area contributed by atoms with Gasteiger partial charge in [-0.25, -0.2) is 12.8 Å². The van der Waals surface area contributed by atoms with Gasteiger partial charge in [-0.2, -0.15) is 0 Å². The van der Waals surface area contributed by atoms with E-state index in [-0.39, 0.29) is 23.4 Å². The lowest BCUT2D eigenvalue weighted by molar-refractivity contribution is -0.140. The maximum Gasteiger partial charge on any atom is 0.264 e. The Kier molecular flexibility index (Phi) is 10.8. The van der Waals surface area contributed by atoms with Gasteiger partial charge in [0, 0.05) is 17.1 Å². The Morgan fingerprint density at radius 3 is 2.29 bits per heavy atom. The van der Waals surface area contributed by atoms with Gasteiger partial charge >= 0.3 is 0 Å². The molecular formula is C32H37BrFN3O4S. The topological polar surface area (TPSA) is 86.8 Å². The number of anilines is 1. The molecule has 1 atom stereocenters. The molecule has 0 spiro atoms. The molecule has 0 radical (unpaired) electrons. The summed E-state index contributed by atoms with van der Waals surface area (Å²) in [6, 6.07) is 18.1. The highest BCUT2D eigenvalue weighted by atomic mass is 79.9. The molecule has 42 heavy (non-hydrogen) atoms. The van der Waals surface area contributed by atoms with Crippen molar-refractivity contribution in [3.63, 3.8) is 0 Å². The molecule has 1 saturated carbocycles. The lowest BCUT2D eigenvalue weighted by Gasteiger charge is -2.34. The van der Waals surface area contributed by atoms with E-state index in [4.69, 9.17) is 0 Å². The molecular weight excluding hydrogens is 621 g/mol. The normalized spacial score (nSPS) is 14.7. The Morgan fingerprint density at radius 2 is 1.67 bits per heavy atom. The Labute approximate surface area is 256 Å². The van der Waals surface area contributed by atoms with Crippen LogP contribution in [-0.2, 0) is 26.2 Å². The van der Waals surface area contributed by atoms with Crippen LogP contribution in [0.15, 0.2) is 82.2 Å². The van der Waals surface area contributed by atoms with Crippen molar-refractivity contribution in [1.29, 1.82) is 0 Å². The second kappa shape index (κ2) is 14.3. The number of rotatable bonds is 11. The number of aryl methyl sites for hydroxylation is 1. The van der Waals surface area contributed by atoms with Gasteiger partial charge in [0.2, 0.25) is 11.8 Å². The molecule has 4 rings (SSSR count). The number of benzene rings is 3. The van der Waals surface area contributed by atoms with Crippen LogP contribution < -0.4 is 9.62 Å². The van der Waals surface area contributed by atoms with Crippen LogP contribution in [0.1, 0.15) is 56.6 Å². The van der Waals surface area contributed by atoms with Crippen LogP contribution >= 0.6 is 15.9 Å². The van der Waals surface area contributed by atoms with Crippen molar-refractivity contribution < 1.29 is 22.4 Å². The number of carbonyl (C=O) groups is 2. The Hall–Kier alpha value is -3.24. The molecule has 0 bridgehead atoms. The third-order valence-corrected chi connectivity index (χ3v) is 9.87. The summed E-state index contributed by atoms with van der Waals surface area (Å²) in [5, 5.41) is 3.12. The molecule has 3 aromatic carbocycles. The van der Waals surface area contributed by atoms with Crippen molar-refractivity contribution in [3.8, 4) is 0 Å². The molecule has 0 saturated heterocycles. The molecule has 10 heteroatoms. The number of carbonyl (C=O) groups excluding carboxylic acids is 2. The number of nitrogens with one attached hydrogen (secondary N) is 1. The molecule has 0 aliphatic heterocycles. The Morgan fingerprint density at radius 1 is 1.00 bits per heavy atom. The second-order valence-electron chi connectivity index (χ2n) is 10.7. The Balaban J connectivity index is 1.70. The van der Waals surface area contributed by atoms with E-state index in [0.29, 0.717) is 22.1 Å². The summed E-state index contributed by atoms with van der Waals surface area (Å²) in [5.41, 5.74) is 1.84. The first-order valence-electron chi connectivity index (χ1n) is 14.3. The SMILES string of the molecule is CCC(C(=O)NC1CCCCC1)N(Cc1ccc(F)cc1)C(=O)CN(c1cccc(Br)c1)S(=O)(=O)c1ccc(C)cc1. The van der Waals surface area contributed by atoms with Crippen LogP contribution in [-0.4, -0.2) is 43.8 Å². The van der Waals surface area contributed by atoms with Crippen molar-refractivity contribution in [2.75, 3.05) is 10.8 Å². The third kappa shape index (κ3) is 7.98. The summed E-state index contributed by atoms with van der Waals surface area (Å²) in [5.74, 6) is -1.22. The fourth-order valence-corrected chi connectivity index (χ4v) is 7.04. The van der Waals surface area contributed by atoms with E-state index in [1.54, 1.807) is 48.5 Å². The van der Waals surface area contributed by atoms with Crippen molar-refractivity contribution in [2.24, 2.45) is 0 Å². The third-order valence-electron chi connectivity index (χ3n) is 7.59. The molecule has 3 aromatic rings. The van der Waals surface area contributed by atoms with E-state index in [2.05, 4.69) is 21.2 Å². The van der Waals surface area contributed by atoms with Gasteiger partial charge in [-0.3, -0.25) is 13.9 Å². The minimum absolute atomic E-state index is 0.0204. The highest BCUT2D eigenvalue weighted by molar-refractivity contribution is 9.10. The van der Waals surface area contributed by atoms with Gasteiger partial charge in [0.25, 0.3) is 10.0 Å². The molecule has 1 fully saturated rings. The maximum absolute atomic E-state index is 14.2. The van der Waals surface area contributed by atoms with E-state index in [1.165, 1.54) is 29.2 Å². The molecule has 7 nitrogen and oxygen atoms in total. The van der Waals surface area contributed by atoms with Crippen LogP contribution in [0.25, 0.3) is 0 Å². The highest BCUT2D eigenvalue weighted by Gasteiger charge is 2.34. The summed E-state index contributed by atoms with van der Waals surface area (Å²) < 4.78 is 43.3. The first-order valence-corrected chi connectivity index (χ1v) is 16.5. The van der Waals surface area contributed by atoms with Crippen molar-refractivity contribution in [2.45, 2.75) is 75.9 Å². The van der Waals surface area contributed by atoms with E-state index in [0.717, 1.165) is 42.0 Å². The molecule has 1 aliphatic rings. The molecule has 1 N–H and O–H groups in total. The summed E-state index contributed by atoms with van der Waals surface area (Å²) in [6.45, 7) is 3.18. The lowest BCUT2D eigenvalue weighted by atomic mass is 9.95. The minimum Gasteiger partial charge on any atom is -0.352 e. The van der Waals surface area contributed by atoms with Crippen LogP contribution in [0.4, 0.5) is 10.1 Å². The van der Waals surface area contributed by atoms with Crippen molar-refractivity contribution in [1.82, 2.24) is 10.2 Å². The van der Waals surface area contributed by atoms with Gasteiger partial charge in [0.15, 0.2) is 0 Å². The van der Waals surface area contributed by atoms with Crippen LogP contribution in [0.3, 0.4) is 0 Å². The zero-order valence-electron chi connectivity index (χ0n) is 23.9. The van der Waals surface area contributed by atoms with Gasteiger partial charge in [0.1, 0.15) is 18.4 Å². The molecule has 224 valence electrons. The summed E-state index contributed by atoms with van der Waals surface area (Å²) >= 11 is 3.41. The number of halogens is 2. The van der Waals surface area contributed by atoms with E-state index < -0.39 is 34.3 Å². The number of hydrogen-bond acceptors (Lipinski definition) is 4. The minimum atomic E-state index is -4.16. The summed E-state index contributed by atoms with van der Waals surface area (Å²) in [7, 11) is -4.16. The fraction of sp³-hybridized carbons (Fsp3) is 0.375. The first-order chi connectivity index (χ1) is 20.1. The van der Waals surface area contributed by atoms with Crippen LogP contribution in [0, 0.1) is 12.7 Å². The maximum atomic E-state index is 14.2.